The van der Waals surface area contributed by atoms with Crippen LogP contribution in [0.15, 0.2) is 43.0 Å². The van der Waals surface area contributed by atoms with Gasteiger partial charge in [-0.3, -0.25) is 0 Å². The minimum atomic E-state index is 0.131. The van der Waals surface area contributed by atoms with E-state index < -0.39 is 0 Å². The molecule has 19 heavy (non-hydrogen) atoms. The van der Waals surface area contributed by atoms with Crippen LogP contribution in [0.25, 0.3) is 16.8 Å². The lowest BCUT2D eigenvalue weighted by atomic mass is 10.0. The van der Waals surface area contributed by atoms with E-state index in [0.717, 1.165) is 23.1 Å². The summed E-state index contributed by atoms with van der Waals surface area (Å²) in [5.74, 6) is 0.892. The maximum absolute atomic E-state index is 5.93. The van der Waals surface area contributed by atoms with Crippen molar-refractivity contribution >= 4 is 16.8 Å². The number of benzene rings is 2. The first kappa shape index (κ1) is 13.6. The van der Waals surface area contributed by atoms with Gasteiger partial charge in [0.25, 0.3) is 0 Å². The number of fused-ring (bicyclic) bond motifs is 1. The second-order valence-electron chi connectivity index (χ2n) is 4.48. The van der Waals surface area contributed by atoms with Gasteiger partial charge in [0.15, 0.2) is 0 Å². The molecule has 0 saturated heterocycles. The van der Waals surface area contributed by atoms with Crippen LogP contribution in [0.5, 0.6) is 5.75 Å². The summed E-state index contributed by atoms with van der Waals surface area (Å²) in [5, 5.41) is 2.28. The number of rotatable bonds is 6. The lowest BCUT2D eigenvalue weighted by Gasteiger charge is -2.16. The molecule has 0 saturated carbocycles. The molecule has 0 N–H and O–H groups in total. The van der Waals surface area contributed by atoms with E-state index >= 15 is 0 Å². The van der Waals surface area contributed by atoms with Gasteiger partial charge in [-0.05, 0) is 23.4 Å². The molecule has 2 rings (SSSR count). The van der Waals surface area contributed by atoms with Crippen LogP contribution in [0.1, 0.15) is 18.9 Å². The van der Waals surface area contributed by atoms with Crippen LogP contribution in [0.3, 0.4) is 0 Å². The Morgan fingerprint density at radius 1 is 1.21 bits per heavy atom. The molecule has 0 aromatic heterocycles. The summed E-state index contributed by atoms with van der Waals surface area (Å²) in [7, 11) is 1.72. The molecule has 0 aliphatic carbocycles. The third-order valence-corrected chi connectivity index (χ3v) is 3.33. The Labute approximate surface area is 114 Å². The van der Waals surface area contributed by atoms with Gasteiger partial charge in [-0.1, -0.05) is 49.9 Å². The third kappa shape index (κ3) is 2.96. The fourth-order valence-corrected chi connectivity index (χ4v) is 2.16. The molecule has 1 atom stereocenters. The van der Waals surface area contributed by atoms with Crippen molar-refractivity contribution in [2.45, 2.75) is 19.4 Å². The van der Waals surface area contributed by atoms with Crippen LogP contribution in [-0.4, -0.2) is 19.8 Å². The first-order valence-corrected chi connectivity index (χ1v) is 6.60. The Balaban J connectivity index is 2.34. The summed E-state index contributed by atoms with van der Waals surface area (Å²) in [5.41, 5.74) is 1.10. The van der Waals surface area contributed by atoms with E-state index in [1.54, 1.807) is 7.11 Å². The molecule has 1 unspecified atom stereocenters. The molecule has 0 radical (unpaired) electrons. The van der Waals surface area contributed by atoms with Crippen LogP contribution in [0.2, 0.25) is 0 Å². The molecular weight excluding hydrogens is 236 g/mol. The SMILES string of the molecule is C=Cc1cccc2cccc(OCC(CC)OC)c12. The average Bonchev–Trinajstić information content (AvgIpc) is 2.47. The van der Waals surface area contributed by atoms with E-state index in [1.165, 1.54) is 5.39 Å². The largest absolute Gasteiger partial charge is 0.490 e. The minimum Gasteiger partial charge on any atom is -0.490 e. The zero-order valence-corrected chi connectivity index (χ0v) is 11.6. The fraction of sp³-hybridized carbons (Fsp3) is 0.294. The first-order chi connectivity index (χ1) is 9.30. The standard InChI is InChI=1S/C17H20O2/c1-4-13-8-6-9-14-10-7-11-16(17(13)14)19-12-15(5-2)18-3/h4,6-11,15H,1,5,12H2,2-3H3. The van der Waals surface area contributed by atoms with Crippen LogP contribution in [0.4, 0.5) is 0 Å². The number of ether oxygens (including phenoxy) is 2. The van der Waals surface area contributed by atoms with Gasteiger partial charge in [0.2, 0.25) is 0 Å². The normalized spacial score (nSPS) is 12.3. The molecule has 0 aliphatic heterocycles. The van der Waals surface area contributed by atoms with Gasteiger partial charge in [-0.15, -0.1) is 0 Å². The Morgan fingerprint density at radius 3 is 2.58 bits per heavy atom. The van der Waals surface area contributed by atoms with E-state index in [2.05, 4.69) is 31.7 Å². The quantitative estimate of drug-likeness (QED) is 0.767. The van der Waals surface area contributed by atoms with E-state index in [9.17, 15) is 0 Å². The number of hydrogen-bond acceptors (Lipinski definition) is 2. The van der Waals surface area contributed by atoms with Crippen LogP contribution in [0, 0.1) is 0 Å². The molecule has 0 bridgehead atoms. The average molecular weight is 256 g/mol. The minimum absolute atomic E-state index is 0.131. The van der Waals surface area contributed by atoms with Gasteiger partial charge in [-0.25, -0.2) is 0 Å². The van der Waals surface area contributed by atoms with E-state index in [1.807, 2.05) is 24.3 Å². The van der Waals surface area contributed by atoms with Gasteiger partial charge in [0.05, 0.1) is 6.10 Å². The predicted octanol–water partition coefficient (Wildman–Crippen LogP) is 4.29. The summed E-state index contributed by atoms with van der Waals surface area (Å²) < 4.78 is 11.3. The summed E-state index contributed by atoms with van der Waals surface area (Å²) in [6, 6.07) is 12.3. The zero-order chi connectivity index (χ0) is 13.7. The van der Waals surface area contributed by atoms with Crippen LogP contribution >= 0.6 is 0 Å². The molecule has 0 heterocycles. The summed E-state index contributed by atoms with van der Waals surface area (Å²) >= 11 is 0. The fourth-order valence-electron chi connectivity index (χ4n) is 2.16. The molecule has 0 spiro atoms. The maximum Gasteiger partial charge on any atom is 0.127 e. The maximum atomic E-state index is 5.93. The van der Waals surface area contributed by atoms with Gasteiger partial charge in [0, 0.05) is 12.5 Å². The first-order valence-electron chi connectivity index (χ1n) is 6.60. The highest BCUT2D eigenvalue weighted by Gasteiger charge is 2.09. The molecule has 0 amide bonds. The molecule has 2 aromatic carbocycles. The van der Waals surface area contributed by atoms with Crippen molar-refractivity contribution in [3.63, 3.8) is 0 Å². The Morgan fingerprint density at radius 2 is 1.95 bits per heavy atom. The van der Waals surface area contributed by atoms with E-state index in [0.29, 0.717) is 6.61 Å². The number of hydrogen-bond donors (Lipinski definition) is 0. The van der Waals surface area contributed by atoms with Crippen molar-refractivity contribution in [1.29, 1.82) is 0 Å². The molecule has 0 aliphatic rings. The molecule has 2 nitrogen and oxygen atoms in total. The van der Waals surface area contributed by atoms with Crippen molar-refractivity contribution in [2.24, 2.45) is 0 Å². The van der Waals surface area contributed by atoms with Gasteiger partial charge in [-0.2, -0.15) is 0 Å². The van der Waals surface area contributed by atoms with Gasteiger partial charge in [0.1, 0.15) is 12.4 Å². The predicted molar refractivity (Wildman–Crippen MR) is 80.6 cm³/mol. The zero-order valence-electron chi connectivity index (χ0n) is 11.6. The Hall–Kier alpha value is -1.80. The summed E-state index contributed by atoms with van der Waals surface area (Å²) in [6.07, 6.45) is 2.93. The Bertz CT molecular complexity index is 551. The van der Waals surface area contributed by atoms with Crippen molar-refractivity contribution in [1.82, 2.24) is 0 Å². The topological polar surface area (TPSA) is 18.5 Å². The molecular formula is C17H20O2. The van der Waals surface area contributed by atoms with Crippen molar-refractivity contribution in [3.8, 4) is 5.75 Å². The van der Waals surface area contributed by atoms with Gasteiger partial charge < -0.3 is 9.47 Å². The van der Waals surface area contributed by atoms with Crippen molar-refractivity contribution in [2.75, 3.05) is 13.7 Å². The molecule has 2 aromatic rings. The molecule has 100 valence electrons. The third-order valence-electron chi connectivity index (χ3n) is 3.33. The second-order valence-corrected chi connectivity index (χ2v) is 4.48. The van der Waals surface area contributed by atoms with Gasteiger partial charge >= 0.3 is 0 Å². The summed E-state index contributed by atoms with van der Waals surface area (Å²) in [6.45, 7) is 6.53. The lowest BCUT2D eigenvalue weighted by molar-refractivity contribution is 0.0561. The Kier molecular flexibility index (Phi) is 4.58. The van der Waals surface area contributed by atoms with Crippen LogP contribution in [-0.2, 0) is 4.74 Å². The lowest BCUT2D eigenvalue weighted by Crippen LogP contribution is -2.19. The molecule has 2 heteroatoms. The van der Waals surface area contributed by atoms with Crippen molar-refractivity contribution < 1.29 is 9.47 Å². The number of methoxy groups -OCH3 is 1. The highest BCUT2D eigenvalue weighted by Crippen LogP contribution is 2.29. The van der Waals surface area contributed by atoms with Crippen molar-refractivity contribution in [3.05, 3.63) is 48.5 Å². The monoisotopic (exact) mass is 256 g/mol. The second kappa shape index (κ2) is 6.39. The summed E-state index contributed by atoms with van der Waals surface area (Å²) in [4.78, 5) is 0. The van der Waals surface area contributed by atoms with E-state index in [-0.39, 0.29) is 6.10 Å². The van der Waals surface area contributed by atoms with E-state index in [4.69, 9.17) is 9.47 Å². The highest BCUT2D eigenvalue weighted by molar-refractivity contribution is 5.95. The highest BCUT2D eigenvalue weighted by atomic mass is 16.5. The molecule has 0 fully saturated rings. The van der Waals surface area contributed by atoms with Crippen LogP contribution < -0.4 is 4.74 Å². The smallest absolute Gasteiger partial charge is 0.127 e.